The Morgan fingerprint density at radius 3 is 2.19 bits per heavy atom. The fraction of sp³-hybridized carbons (Fsp3) is 0.304. The summed E-state index contributed by atoms with van der Waals surface area (Å²) in [7, 11) is 0. The smallest absolute Gasteiger partial charge is 0.225 e. The van der Waals surface area contributed by atoms with Crippen LogP contribution in [-0.4, -0.2) is 29.6 Å². The van der Waals surface area contributed by atoms with Crippen molar-refractivity contribution < 1.29 is 0 Å². The topological polar surface area (TPSA) is 41.1 Å². The zero-order valence-corrected chi connectivity index (χ0v) is 16.2. The Bertz CT molecular complexity index is 814. The summed E-state index contributed by atoms with van der Waals surface area (Å²) in [6, 6.07) is 23.0. The molecule has 4 heteroatoms. The molecule has 0 aliphatic carbocycles. The second-order valence-electron chi connectivity index (χ2n) is 6.49. The highest BCUT2D eigenvalue weighted by molar-refractivity contribution is 5.64. The van der Waals surface area contributed by atoms with Crippen LogP contribution >= 0.6 is 0 Å². The predicted octanol–water partition coefficient (Wildman–Crippen LogP) is 5.03. The average molecular weight is 361 g/mol. The number of aromatic nitrogens is 2. The van der Waals surface area contributed by atoms with E-state index in [2.05, 4.69) is 72.6 Å². The van der Waals surface area contributed by atoms with Crippen LogP contribution in [0.5, 0.6) is 0 Å². The average Bonchev–Trinajstić information content (AvgIpc) is 2.73. The lowest BCUT2D eigenvalue weighted by molar-refractivity contribution is 0.831. The van der Waals surface area contributed by atoms with Gasteiger partial charge in [0.2, 0.25) is 5.95 Å². The van der Waals surface area contributed by atoms with Crippen molar-refractivity contribution in [3.63, 3.8) is 0 Å². The van der Waals surface area contributed by atoms with Gasteiger partial charge in [0, 0.05) is 31.3 Å². The Morgan fingerprint density at radius 2 is 1.52 bits per heavy atom. The lowest BCUT2D eigenvalue weighted by atomic mass is 10.1. The highest BCUT2D eigenvalue weighted by Crippen LogP contribution is 2.23. The third kappa shape index (κ3) is 5.30. The molecule has 0 saturated carbocycles. The summed E-state index contributed by atoms with van der Waals surface area (Å²) in [6.45, 7) is 7.01. The van der Waals surface area contributed by atoms with Crippen molar-refractivity contribution in [2.45, 2.75) is 26.7 Å². The SMILES string of the molecule is CCN(CC)c1cc(-c2ccccc2)nc(NCCCc2ccccc2)n1. The van der Waals surface area contributed by atoms with Crippen LogP contribution in [0.2, 0.25) is 0 Å². The first-order valence-corrected chi connectivity index (χ1v) is 9.77. The highest BCUT2D eigenvalue weighted by Gasteiger charge is 2.10. The van der Waals surface area contributed by atoms with Gasteiger partial charge in [0.1, 0.15) is 5.82 Å². The zero-order chi connectivity index (χ0) is 18.9. The van der Waals surface area contributed by atoms with E-state index in [0.717, 1.165) is 49.6 Å². The van der Waals surface area contributed by atoms with Gasteiger partial charge in [-0.05, 0) is 32.3 Å². The van der Waals surface area contributed by atoms with E-state index in [-0.39, 0.29) is 0 Å². The van der Waals surface area contributed by atoms with Gasteiger partial charge in [-0.25, -0.2) is 4.98 Å². The summed E-state index contributed by atoms with van der Waals surface area (Å²) in [5.41, 5.74) is 3.43. The molecule has 0 amide bonds. The minimum absolute atomic E-state index is 0.700. The Balaban J connectivity index is 1.73. The van der Waals surface area contributed by atoms with Gasteiger partial charge in [-0.15, -0.1) is 0 Å². The number of rotatable bonds is 9. The van der Waals surface area contributed by atoms with E-state index in [1.165, 1.54) is 5.56 Å². The molecule has 140 valence electrons. The fourth-order valence-electron chi connectivity index (χ4n) is 3.12. The molecule has 0 spiro atoms. The van der Waals surface area contributed by atoms with E-state index < -0.39 is 0 Å². The molecule has 0 fully saturated rings. The molecule has 0 bridgehead atoms. The maximum absolute atomic E-state index is 4.75. The summed E-state index contributed by atoms with van der Waals surface area (Å²) in [5.74, 6) is 1.67. The van der Waals surface area contributed by atoms with Gasteiger partial charge in [0.25, 0.3) is 0 Å². The molecule has 2 aromatic carbocycles. The van der Waals surface area contributed by atoms with E-state index >= 15 is 0 Å². The van der Waals surface area contributed by atoms with Gasteiger partial charge in [0.15, 0.2) is 0 Å². The van der Waals surface area contributed by atoms with Crippen LogP contribution < -0.4 is 10.2 Å². The standard InChI is InChI=1S/C23H28N4/c1-3-27(4-2)22-18-21(20-15-9-6-10-16-20)25-23(26-22)24-17-11-14-19-12-7-5-8-13-19/h5-10,12-13,15-16,18H,3-4,11,14,17H2,1-2H3,(H,24,25,26). The lowest BCUT2D eigenvalue weighted by Crippen LogP contribution is -2.23. The number of hydrogen-bond acceptors (Lipinski definition) is 4. The number of aryl methyl sites for hydroxylation is 1. The van der Waals surface area contributed by atoms with E-state index in [1.54, 1.807) is 0 Å². The summed E-state index contributed by atoms with van der Waals surface area (Å²) >= 11 is 0. The van der Waals surface area contributed by atoms with Gasteiger partial charge >= 0.3 is 0 Å². The maximum atomic E-state index is 4.75. The van der Waals surface area contributed by atoms with Crippen LogP contribution in [0, 0.1) is 0 Å². The molecular weight excluding hydrogens is 332 g/mol. The third-order valence-electron chi connectivity index (χ3n) is 4.64. The fourth-order valence-corrected chi connectivity index (χ4v) is 3.12. The Labute approximate surface area is 162 Å². The maximum Gasteiger partial charge on any atom is 0.225 e. The molecule has 1 aromatic heterocycles. The molecule has 0 radical (unpaired) electrons. The second kappa shape index (κ2) is 9.72. The molecule has 0 unspecified atom stereocenters. The van der Waals surface area contributed by atoms with Gasteiger partial charge in [-0.2, -0.15) is 4.98 Å². The molecule has 0 aliphatic rings. The van der Waals surface area contributed by atoms with Crippen LogP contribution in [0.4, 0.5) is 11.8 Å². The Morgan fingerprint density at radius 1 is 0.852 bits per heavy atom. The predicted molar refractivity (Wildman–Crippen MR) is 114 cm³/mol. The van der Waals surface area contributed by atoms with Gasteiger partial charge < -0.3 is 10.2 Å². The van der Waals surface area contributed by atoms with Crippen molar-refractivity contribution in [3.05, 3.63) is 72.3 Å². The quantitative estimate of drug-likeness (QED) is 0.543. The van der Waals surface area contributed by atoms with Gasteiger partial charge in [0.05, 0.1) is 5.69 Å². The molecule has 0 atom stereocenters. The first-order valence-electron chi connectivity index (χ1n) is 9.77. The van der Waals surface area contributed by atoms with Gasteiger partial charge in [-0.3, -0.25) is 0 Å². The zero-order valence-electron chi connectivity index (χ0n) is 16.2. The van der Waals surface area contributed by atoms with E-state index in [9.17, 15) is 0 Å². The molecule has 1 N–H and O–H groups in total. The first kappa shape index (κ1) is 18.9. The van der Waals surface area contributed by atoms with Crippen molar-refractivity contribution in [1.29, 1.82) is 0 Å². The van der Waals surface area contributed by atoms with Crippen molar-refractivity contribution in [1.82, 2.24) is 9.97 Å². The van der Waals surface area contributed by atoms with Crippen LogP contribution in [-0.2, 0) is 6.42 Å². The van der Waals surface area contributed by atoms with Crippen molar-refractivity contribution >= 4 is 11.8 Å². The van der Waals surface area contributed by atoms with Crippen LogP contribution in [0.3, 0.4) is 0 Å². The van der Waals surface area contributed by atoms with Crippen LogP contribution in [0.25, 0.3) is 11.3 Å². The third-order valence-corrected chi connectivity index (χ3v) is 4.64. The second-order valence-corrected chi connectivity index (χ2v) is 6.49. The molecule has 0 aliphatic heterocycles. The Hall–Kier alpha value is -2.88. The molecule has 3 aromatic rings. The summed E-state index contributed by atoms with van der Waals surface area (Å²) in [5, 5.41) is 3.42. The molecule has 27 heavy (non-hydrogen) atoms. The van der Waals surface area contributed by atoms with Gasteiger partial charge in [-0.1, -0.05) is 60.7 Å². The van der Waals surface area contributed by atoms with E-state index in [0.29, 0.717) is 5.95 Å². The number of nitrogens with zero attached hydrogens (tertiary/aromatic N) is 3. The van der Waals surface area contributed by atoms with Crippen molar-refractivity contribution in [2.24, 2.45) is 0 Å². The Kier molecular flexibility index (Phi) is 6.80. The van der Waals surface area contributed by atoms with Crippen molar-refractivity contribution in [3.8, 4) is 11.3 Å². The van der Waals surface area contributed by atoms with Crippen LogP contribution in [0.15, 0.2) is 66.7 Å². The van der Waals surface area contributed by atoms with E-state index in [1.807, 2.05) is 18.2 Å². The normalized spacial score (nSPS) is 10.6. The molecular formula is C23H28N4. The lowest BCUT2D eigenvalue weighted by Gasteiger charge is -2.21. The molecule has 1 heterocycles. The number of hydrogen-bond donors (Lipinski definition) is 1. The molecule has 3 rings (SSSR count). The number of benzene rings is 2. The highest BCUT2D eigenvalue weighted by atomic mass is 15.2. The van der Waals surface area contributed by atoms with E-state index in [4.69, 9.17) is 9.97 Å². The summed E-state index contributed by atoms with van der Waals surface area (Å²) in [4.78, 5) is 11.8. The first-order chi connectivity index (χ1) is 13.3. The minimum atomic E-state index is 0.700. The van der Waals surface area contributed by atoms with Crippen molar-refractivity contribution in [2.75, 3.05) is 29.9 Å². The summed E-state index contributed by atoms with van der Waals surface area (Å²) in [6.07, 6.45) is 2.10. The number of anilines is 2. The monoisotopic (exact) mass is 360 g/mol. The molecule has 4 nitrogen and oxygen atoms in total. The number of nitrogens with one attached hydrogen (secondary N) is 1. The van der Waals surface area contributed by atoms with Crippen LogP contribution in [0.1, 0.15) is 25.8 Å². The minimum Gasteiger partial charge on any atom is -0.357 e. The summed E-state index contributed by atoms with van der Waals surface area (Å²) < 4.78 is 0. The largest absolute Gasteiger partial charge is 0.357 e. The molecule has 0 saturated heterocycles.